The van der Waals surface area contributed by atoms with Crippen molar-refractivity contribution in [3.63, 3.8) is 0 Å². The van der Waals surface area contributed by atoms with Crippen molar-refractivity contribution in [1.82, 2.24) is 0 Å². The van der Waals surface area contributed by atoms with Crippen LogP contribution in [0.25, 0.3) is 10.1 Å². The molecule has 84 valence electrons. The maximum Gasteiger partial charge on any atom is 0.270 e. The zero-order chi connectivity index (χ0) is 11.9. The minimum absolute atomic E-state index is 0.139. The summed E-state index contributed by atoms with van der Waals surface area (Å²) >= 11 is 0.802. The van der Waals surface area contributed by atoms with Gasteiger partial charge < -0.3 is 4.55 Å². The summed E-state index contributed by atoms with van der Waals surface area (Å²) in [6, 6.07) is 5.07. The summed E-state index contributed by atoms with van der Waals surface area (Å²) in [5, 5.41) is 10.9. The molecule has 6 nitrogen and oxygen atoms in total. The van der Waals surface area contributed by atoms with E-state index in [9.17, 15) is 23.1 Å². The van der Waals surface area contributed by atoms with Gasteiger partial charge in [0.05, 0.1) is 4.92 Å². The van der Waals surface area contributed by atoms with Gasteiger partial charge in [-0.2, -0.15) is 0 Å². The van der Waals surface area contributed by atoms with Crippen molar-refractivity contribution >= 4 is 37.2 Å². The maximum absolute atomic E-state index is 10.7. The Labute approximate surface area is 94.0 Å². The van der Waals surface area contributed by atoms with Crippen LogP contribution in [0.2, 0.25) is 0 Å². The Morgan fingerprint density at radius 3 is 2.50 bits per heavy atom. The third-order valence-corrected chi connectivity index (χ3v) is 4.32. The summed E-state index contributed by atoms with van der Waals surface area (Å²) < 4.78 is 32.4. The molecule has 0 atom stereocenters. The molecule has 0 radical (unpaired) electrons. The summed E-state index contributed by atoms with van der Waals surface area (Å²) in [6.07, 6.45) is 0. The highest BCUT2D eigenvalue weighted by Crippen LogP contribution is 2.31. The highest BCUT2D eigenvalue weighted by atomic mass is 32.3. The van der Waals surface area contributed by atoms with Crippen molar-refractivity contribution in [2.24, 2.45) is 0 Å². The Kier molecular flexibility index (Phi) is 2.41. The summed E-state index contributed by atoms with van der Waals surface area (Å²) in [5.41, 5.74) is -0.139. The van der Waals surface area contributed by atoms with Crippen LogP contribution in [0.1, 0.15) is 0 Å². The van der Waals surface area contributed by atoms with E-state index in [0.717, 1.165) is 17.4 Å². The first kappa shape index (κ1) is 11.0. The van der Waals surface area contributed by atoms with Gasteiger partial charge in [0.25, 0.3) is 5.69 Å². The fourth-order valence-electron chi connectivity index (χ4n) is 1.24. The molecule has 0 saturated heterocycles. The van der Waals surface area contributed by atoms with Crippen molar-refractivity contribution < 1.29 is 17.9 Å². The number of thiophene rings is 1. The third-order valence-electron chi connectivity index (χ3n) is 1.93. The SMILES string of the molecule is O=[N+]([O-])c1ccc2sc(S(=O)(=O)[O-])cc2c1. The van der Waals surface area contributed by atoms with Crippen LogP contribution in [0.15, 0.2) is 28.5 Å². The molecule has 2 aromatic rings. The molecule has 1 heterocycles. The Morgan fingerprint density at radius 2 is 1.94 bits per heavy atom. The monoisotopic (exact) mass is 258 g/mol. The lowest BCUT2D eigenvalue weighted by molar-refractivity contribution is -0.384. The first-order valence-electron chi connectivity index (χ1n) is 4.02. The molecular formula is C8H4NO5S2-. The van der Waals surface area contributed by atoms with Crippen molar-refractivity contribution in [1.29, 1.82) is 0 Å². The van der Waals surface area contributed by atoms with E-state index in [1.54, 1.807) is 0 Å². The molecule has 0 unspecified atom stereocenters. The average molecular weight is 258 g/mol. The standard InChI is InChI=1S/C8H5NO5S2/c10-9(11)6-1-2-7-5(3-6)4-8(15-7)16(12,13)14/h1-4H,(H,12,13,14)/p-1. The number of fused-ring (bicyclic) bond motifs is 1. The van der Waals surface area contributed by atoms with Gasteiger partial charge in [-0.15, -0.1) is 11.3 Å². The van der Waals surface area contributed by atoms with Gasteiger partial charge in [0.2, 0.25) is 0 Å². The summed E-state index contributed by atoms with van der Waals surface area (Å²) in [7, 11) is -4.50. The summed E-state index contributed by atoms with van der Waals surface area (Å²) in [6.45, 7) is 0. The summed E-state index contributed by atoms with van der Waals surface area (Å²) in [5.74, 6) is 0. The van der Waals surface area contributed by atoms with Gasteiger partial charge in [-0.05, 0) is 12.1 Å². The van der Waals surface area contributed by atoms with Crippen molar-refractivity contribution in [3.05, 3.63) is 34.4 Å². The number of nitro groups is 1. The number of hydrogen-bond donors (Lipinski definition) is 0. The van der Waals surface area contributed by atoms with Crippen LogP contribution < -0.4 is 0 Å². The lowest BCUT2D eigenvalue weighted by atomic mass is 10.2. The van der Waals surface area contributed by atoms with Crippen LogP contribution in [-0.2, 0) is 10.1 Å². The fourth-order valence-corrected chi connectivity index (χ4v) is 2.97. The van der Waals surface area contributed by atoms with E-state index in [0.29, 0.717) is 10.1 Å². The molecule has 0 aliphatic carbocycles. The maximum atomic E-state index is 10.7. The van der Waals surface area contributed by atoms with Crippen molar-refractivity contribution in [2.75, 3.05) is 0 Å². The molecule has 2 rings (SSSR count). The first-order chi connectivity index (χ1) is 7.38. The van der Waals surface area contributed by atoms with Crippen molar-refractivity contribution in [2.45, 2.75) is 4.21 Å². The molecule has 0 spiro atoms. The predicted molar refractivity (Wildman–Crippen MR) is 56.4 cm³/mol. The Bertz CT molecular complexity index is 673. The van der Waals surface area contributed by atoms with Crippen LogP contribution >= 0.6 is 11.3 Å². The molecule has 0 saturated carbocycles. The minimum Gasteiger partial charge on any atom is -0.743 e. The van der Waals surface area contributed by atoms with Gasteiger partial charge in [0.15, 0.2) is 0 Å². The van der Waals surface area contributed by atoms with Crippen LogP contribution in [-0.4, -0.2) is 17.9 Å². The van der Waals surface area contributed by atoms with Gasteiger partial charge in [-0.1, -0.05) is 0 Å². The van der Waals surface area contributed by atoms with Gasteiger partial charge in [-0.25, -0.2) is 8.42 Å². The zero-order valence-electron chi connectivity index (χ0n) is 7.61. The number of benzene rings is 1. The van der Waals surface area contributed by atoms with Crippen LogP contribution in [0.4, 0.5) is 5.69 Å². The van der Waals surface area contributed by atoms with E-state index in [4.69, 9.17) is 0 Å². The largest absolute Gasteiger partial charge is 0.743 e. The second-order valence-electron chi connectivity index (χ2n) is 3.00. The van der Waals surface area contributed by atoms with Gasteiger partial charge in [-0.3, -0.25) is 10.1 Å². The highest BCUT2D eigenvalue weighted by Gasteiger charge is 2.11. The minimum atomic E-state index is -4.50. The Balaban J connectivity index is 2.68. The smallest absolute Gasteiger partial charge is 0.270 e. The second-order valence-corrected chi connectivity index (χ2v) is 5.69. The molecule has 1 aromatic carbocycles. The fraction of sp³-hybridized carbons (Fsp3) is 0. The molecule has 0 aliphatic rings. The summed E-state index contributed by atoms with van der Waals surface area (Å²) in [4.78, 5) is 9.90. The van der Waals surface area contributed by atoms with E-state index in [2.05, 4.69) is 0 Å². The van der Waals surface area contributed by atoms with Crippen LogP contribution in [0.3, 0.4) is 0 Å². The van der Waals surface area contributed by atoms with E-state index >= 15 is 0 Å². The lowest BCUT2D eigenvalue weighted by Gasteiger charge is -2.00. The normalized spacial score (nSPS) is 11.8. The molecule has 16 heavy (non-hydrogen) atoms. The number of nitro benzene ring substituents is 1. The molecule has 0 aliphatic heterocycles. The zero-order valence-corrected chi connectivity index (χ0v) is 9.25. The lowest BCUT2D eigenvalue weighted by Crippen LogP contribution is -1.93. The number of non-ortho nitro benzene ring substituents is 1. The highest BCUT2D eigenvalue weighted by molar-refractivity contribution is 7.88. The van der Waals surface area contributed by atoms with E-state index in [-0.39, 0.29) is 9.90 Å². The van der Waals surface area contributed by atoms with Crippen LogP contribution in [0, 0.1) is 10.1 Å². The first-order valence-corrected chi connectivity index (χ1v) is 6.24. The molecule has 0 amide bonds. The molecule has 1 aromatic heterocycles. The van der Waals surface area contributed by atoms with Gasteiger partial charge >= 0.3 is 0 Å². The topological polar surface area (TPSA) is 100 Å². The number of rotatable bonds is 2. The molecule has 0 N–H and O–H groups in total. The number of hydrogen-bond acceptors (Lipinski definition) is 6. The van der Waals surface area contributed by atoms with Gasteiger partial charge in [0.1, 0.15) is 14.3 Å². The third kappa shape index (κ3) is 1.90. The van der Waals surface area contributed by atoms with Gasteiger partial charge in [0, 0.05) is 22.2 Å². The van der Waals surface area contributed by atoms with E-state index in [1.807, 2.05) is 0 Å². The quantitative estimate of drug-likeness (QED) is 0.463. The number of nitrogens with zero attached hydrogens (tertiary/aromatic N) is 1. The molecule has 8 heteroatoms. The second kappa shape index (κ2) is 3.51. The Morgan fingerprint density at radius 1 is 1.25 bits per heavy atom. The van der Waals surface area contributed by atoms with Crippen molar-refractivity contribution in [3.8, 4) is 0 Å². The van der Waals surface area contributed by atoms with Crippen LogP contribution in [0.5, 0.6) is 0 Å². The van der Waals surface area contributed by atoms with E-state index in [1.165, 1.54) is 18.2 Å². The average Bonchev–Trinajstić information content (AvgIpc) is 2.58. The predicted octanol–water partition coefficient (Wildman–Crippen LogP) is 1.71. The Hall–Kier alpha value is -1.51. The molecular weight excluding hydrogens is 254 g/mol. The van der Waals surface area contributed by atoms with E-state index < -0.39 is 15.0 Å². The molecule has 0 fully saturated rings. The molecule has 0 bridgehead atoms.